The van der Waals surface area contributed by atoms with Gasteiger partial charge in [-0.3, -0.25) is 4.79 Å². The molecule has 0 spiro atoms. The number of carbonyl (C=O) groups excluding carboxylic acids is 2. The van der Waals surface area contributed by atoms with E-state index in [-0.39, 0.29) is 17.7 Å². The minimum atomic E-state index is -4.56. The monoisotopic (exact) mass is 432 g/mol. The molecule has 29 heavy (non-hydrogen) atoms. The maximum Gasteiger partial charge on any atom is 0.417 e. The van der Waals surface area contributed by atoms with Crippen LogP contribution in [0.25, 0.3) is 6.08 Å². The highest BCUT2D eigenvalue weighted by atomic mass is 35.5. The second-order valence-corrected chi connectivity index (χ2v) is 8.23. The standard InChI is InChI=1S/C20H24ClF3N2O3/c1-19(2,3)29-18(28)26-10-8-14(9-11-26)25-17(27)7-5-13-4-6-16(21)15(12-13)20(22,23)24/h4-7,12,14H,8-11H2,1-3H3,(H,25,27)/b7-5+. The number of carbonyl (C=O) groups is 2. The Kier molecular flexibility index (Phi) is 7.21. The van der Waals surface area contributed by atoms with Crippen molar-refractivity contribution in [3.05, 3.63) is 40.4 Å². The van der Waals surface area contributed by atoms with Gasteiger partial charge in [-0.2, -0.15) is 13.2 Å². The minimum Gasteiger partial charge on any atom is -0.444 e. The molecule has 0 saturated carbocycles. The molecule has 1 N–H and O–H groups in total. The summed E-state index contributed by atoms with van der Waals surface area (Å²) in [6, 6.07) is 3.32. The summed E-state index contributed by atoms with van der Waals surface area (Å²) in [5.74, 6) is -0.413. The summed E-state index contributed by atoms with van der Waals surface area (Å²) in [5.41, 5.74) is -1.30. The minimum absolute atomic E-state index is 0.123. The number of hydrogen-bond donors (Lipinski definition) is 1. The van der Waals surface area contributed by atoms with Gasteiger partial charge in [-0.15, -0.1) is 0 Å². The topological polar surface area (TPSA) is 58.6 Å². The van der Waals surface area contributed by atoms with Crippen LogP contribution in [-0.4, -0.2) is 41.6 Å². The molecule has 1 aliphatic rings. The zero-order chi connectivity index (χ0) is 21.8. The molecule has 0 aromatic heterocycles. The number of hydrogen-bond acceptors (Lipinski definition) is 3. The maximum absolute atomic E-state index is 12.9. The van der Waals surface area contributed by atoms with Crippen LogP contribution in [0.5, 0.6) is 0 Å². The second-order valence-electron chi connectivity index (χ2n) is 7.82. The summed E-state index contributed by atoms with van der Waals surface area (Å²) < 4.78 is 44.0. The normalized spacial score (nSPS) is 16.2. The molecule has 2 rings (SSSR count). The molecule has 0 aliphatic carbocycles. The Morgan fingerprint density at radius 2 is 1.83 bits per heavy atom. The van der Waals surface area contributed by atoms with Gasteiger partial charge in [0.1, 0.15) is 5.60 Å². The van der Waals surface area contributed by atoms with Crippen molar-refractivity contribution in [2.75, 3.05) is 13.1 Å². The van der Waals surface area contributed by atoms with Crippen molar-refractivity contribution < 1.29 is 27.5 Å². The second kappa shape index (κ2) is 9.07. The van der Waals surface area contributed by atoms with Crippen molar-refractivity contribution in [2.24, 2.45) is 0 Å². The van der Waals surface area contributed by atoms with E-state index in [1.165, 1.54) is 18.2 Å². The zero-order valence-corrected chi connectivity index (χ0v) is 17.2. The molecule has 5 nitrogen and oxygen atoms in total. The molecule has 1 aromatic carbocycles. The average Bonchev–Trinajstić information content (AvgIpc) is 2.59. The van der Waals surface area contributed by atoms with Crippen LogP contribution in [0, 0.1) is 0 Å². The van der Waals surface area contributed by atoms with Gasteiger partial charge < -0.3 is 15.0 Å². The van der Waals surface area contributed by atoms with E-state index in [1.807, 2.05) is 0 Å². The summed E-state index contributed by atoms with van der Waals surface area (Å²) >= 11 is 5.58. The van der Waals surface area contributed by atoms with Gasteiger partial charge >= 0.3 is 12.3 Å². The lowest BCUT2D eigenvalue weighted by atomic mass is 10.1. The molecule has 1 heterocycles. The Bertz CT molecular complexity index is 780. The predicted octanol–water partition coefficient (Wildman–Crippen LogP) is 4.89. The summed E-state index contributed by atoms with van der Waals surface area (Å²) in [6.07, 6.45) is -1.33. The van der Waals surface area contributed by atoms with E-state index in [4.69, 9.17) is 16.3 Å². The van der Waals surface area contributed by atoms with E-state index in [1.54, 1.807) is 25.7 Å². The number of nitrogens with one attached hydrogen (secondary N) is 1. The lowest BCUT2D eigenvalue weighted by Crippen LogP contribution is -2.47. The number of rotatable bonds is 3. The third kappa shape index (κ3) is 7.27. The van der Waals surface area contributed by atoms with Crippen molar-refractivity contribution in [1.29, 1.82) is 0 Å². The number of nitrogens with zero attached hydrogens (tertiary/aromatic N) is 1. The van der Waals surface area contributed by atoms with Crippen LogP contribution in [0.1, 0.15) is 44.7 Å². The summed E-state index contributed by atoms with van der Waals surface area (Å²) in [5, 5.41) is 2.41. The van der Waals surface area contributed by atoms with E-state index < -0.39 is 28.3 Å². The molecule has 2 amide bonds. The number of benzene rings is 1. The number of amides is 2. The highest BCUT2D eigenvalue weighted by Crippen LogP contribution is 2.35. The highest BCUT2D eigenvalue weighted by Gasteiger charge is 2.33. The summed E-state index contributed by atoms with van der Waals surface area (Å²) in [7, 11) is 0. The van der Waals surface area contributed by atoms with Gasteiger partial charge in [0.05, 0.1) is 10.6 Å². The van der Waals surface area contributed by atoms with Gasteiger partial charge in [-0.05, 0) is 57.4 Å². The Balaban J connectivity index is 1.87. The first kappa shape index (κ1) is 23.1. The van der Waals surface area contributed by atoms with Crippen molar-refractivity contribution in [2.45, 2.75) is 51.4 Å². The first-order valence-electron chi connectivity index (χ1n) is 9.18. The van der Waals surface area contributed by atoms with E-state index >= 15 is 0 Å². The molecule has 0 atom stereocenters. The van der Waals surface area contributed by atoms with E-state index in [9.17, 15) is 22.8 Å². The summed E-state index contributed by atoms with van der Waals surface area (Å²) in [6.45, 7) is 6.29. The van der Waals surface area contributed by atoms with Gasteiger partial charge in [0.2, 0.25) is 5.91 Å². The lowest BCUT2D eigenvalue weighted by Gasteiger charge is -2.33. The molecule has 1 aromatic rings. The average molecular weight is 433 g/mol. The van der Waals surface area contributed by atoms with Gasteiger partial charge in [0.15, 0.2) is 0 Å². The molecule has 9 heteroatoms. The zero-order valence-electron chi connectivity index (χ0n) is 16.5. The van der Waals surface area contributed by atoms with Crippen LogP contribution < -0.4 is 5.32 Å². The van der Waals surface area contributed by atoms with Crippen LogP contribution in [-0.2, 0) is 15.7 Å². The van der Waals surface area contributed by atoms with Crippen LogP contribution in [0.15, 0.2) is 24.3 Å². The molecule has 1 aliphatic heterocycles. The van der Waals surface area contributed by atoms with Crippen molar-refractivity contribution in [1.82, 2.24) is 10.2 Å². The van der Waals surface area contributed by atoms with Gasteiger partial charge in [0, 0.05) is 25.2 Å². The molecule has 1 fully saturated rings. The molecule has 0 unspecified atom stereocenters. The van der Waals surface area contributed by atoms with Crippen LogP contribution in [0.4, 0.5) is 18.0 Å². The van der Waals surface area contributed by atoms with E-state index in [2.05, 4.69) is 5.32 Å². The Labute approximate surface area is 172 Å². The van der Waals surface area contributed by atoms with E-state index in [0.717, 1.165) is 12.1 Å². The number of piperidine rings is 1. The first-order chi connectivity index (χ1) is 13.3. The Hall–Kier alpha value is -2.22. The third-order valence-corrected chi connectivity index (χ3v) is 4.55. The molecular weight excluding hydrogens is 409 g/mol. The molecule has 0 bridgehead atoms. The van der Waals surface area contributed by atoms with Crippen molar-refractivity contribution >= 4 is 29.7 Å². The number of halogens is 4. The number of likely N-dealkylation sites (tertiary alicyclic amines) is 1. The maximum atomic E-state index is 12.9. The first-order valence-corrected chi connectivity index (χ1v) is 9.56. The van der Waals surface area contributed by atoms with Crippen LogP contribution in [0.2, 0.25) is 5.02 Å². The fourth-order valence-electron chi connectivity index (χ4n) is 2.82. The van der Waals surface area contributed by atoms with Gasteiger partial charge in [-0.25, -0.2) is 4.79 Å². The van der Waals surface area contributed by atoms with Crippen molar-refractivity contribution in [3.63, 3.8) is 0 Å². The third-order valence-electron chi connectivity index (χ3n) is 4.22. The number of alkyl halides is 3. The molecule has 160 valence electrons. The predicted molar refractivity (Wildman–Crippen MR) is 104 cm³/mol. The Morgan fingerprint density at radius 1 is 1.21 bits per heavy atom. The Morgan fingerprint density at radius 3 is 2.38 bits per heavy atom. The highest BCUT2D eigenvalue weighted by molar-refractivity contribution is 6.31. The van der Waals surface area contributed by atoms with Gasteiger partial charge in [0.25, 0.3) is 0 Å². The SMILES string of the molecule is CC(C)(C)OC(=O)N1CCC(NC(=O)/C=C/c2ccc(Cl)c(C(F)(F)F)c2)CC1. The molecular formula is C20H24ClF3N2O3. The fraction of sp³-hybridized carbons (Fsp3) is 0.500. The van der Waals surface area contributed by atoms with Crippen molar-refractivity contribution in [3.8, 4) is 0 Å². The fourth-order valence-corrected chi connectivity index (χ4v) is 3.04. The summed E-state index contributed by atoms with van der Waals surface area (Å²) in [4.78, 5) is 25.7. The van der Waals surface area contributed by atoms with Crippen LogP contribution >= 0.6 is 11.6 Å². The van der Waals surface area contributed by atoms with E-state index in [0.29, 0.717) is 25.9 Å². The number of ether oxygens (including phenoxy) is 1. The van der Waals surface area contributed by atoms with Crippen LogP contribution in [0.3, 0.4) is 0 Å². The lowest BCUT2D eigenvalue weighted by molar-refractivity contribution is -0.137. The largest absolute Gasteiger partial charge is 0.444 e. The molecule has 0 radical (unpaired) electrons. The molecule has 1 saturated heterocycles. The quantitative estimate of drug-likeness (QED) is 0.692. The van der Waals surface area contributed by atoms with Gasteiger partial charge in [-0.1, -0.05) is 17.7 Å². The smallest absolute Gasteiger partial charge is 0.417 e.